The van der Waals surface area contributed by atoms with Gasteiger partial charge in [-0.2, -0.15) is 0 Å². The fourth-order valence-corrected chi connectivity index (χ4v) is 1.58. The number of benzene rings is 1. The summed E-state index contributed by atoms with van der Waals surface area (Å²) in [5.41, 5.74) is 8.01. The molecule has 3 heteroatoms. The van der Waals surface area contributed by atoms with Crippen molar-refractivity contribution in [2.75, 3.05) is 5.32 Å². The van der Waals surface area contributed by atoms with Crippen LogP contribution in [0.15, 0.2) is 29.3 Å². The van der Waals surface area contributed by atoms with Crippen molar-refractivity contribution in [3.05, 3.63) is 29.8 Å². The summed E-state index contributed by atoms with van der Waals surface area (Å²) in [6.45, 7) is 8.24. The molecule has 0 saturated carbocycles. The first-order chi connectivity index (χ1) is 7.90. The highest BCUT2D eigenvalue weighted by molar-refractivity contribution is 5.92. The highest BCUT2D eigenvalue weighted by Gasteiger charge is 2.07. The van der Waals surface area contributed by atoms with E-state index in [2.05, 4.69) is 29.4 Å². The molecule has 0 unspecified atom stereocenters. The van der Waals surface area contributed by atoms with Crippen LogP contribution in [-0.4, -0.2) is 11.5 Å². The number of rotatable bonds is 3. The Morgan fingerprint density at radius 2 is 1.82 bits per heavy atom. The zero-order valence-corrected chi connectivity index (χ0v) is 11.2. The van der Waals surface area contributed by atoms with E-state index in [-0.39, 0.29) is 5.54 Å². The Kier molecular flexibility index (Phi) is 4.55. The lowest BCUT2D eigenvalue weighted by Crippen LogP contribution is -2.27. The average Bonchev–Trinajstić information content (AvgIpc) is 2.18. The molecule has 0 aromatic heterocycles. The van der Waals surface area contributed by atoms with Gasteiger partial charge < -0.3 is 11.1 Å². The minimum Gasteiger partial charge on any atom is -0.370 e. The van der Waals surface area contributed by atoms with Crippen LogP contribution in [0.1, 0.15) is 39.7 Å². The first kappa shape index (κ1) is 13.6. The van der Waals surface area contributed by atoms with E-state index in [4.69, 9.17) is 5.73 Å². The zero-order valence-electron chi connectivity index (χ0n) is 11.2. The number of anilines is 1. The monoisotopic (exact) mass is 233 g/mol. The number of hydrogen-bond donors (Lipinski definition) is 2. The summed E-state index contributed by atoms with van der Waals surface area (Å²) < 4.78 is 0. The van der Waals surface area contributed by atoms with Gasteiger partial charge in [0.1, 0.15) is 0 Å². The van der Waals surface area contributed by atoms with Crippen LogP contribution >= 0.6 is 0 Å². The predicted octanol–water partition coefficient (Wildman–Crippen LogP) is 3.16. The first-order valence-electron chi connectivity index (χ1n) is 6.12. The molecule has 0 saturated heterocycles. The number of nitrogens with two attached hydrogens (primary N) is 1. The second-order valence-corrected chi connectivity index (χ2v) is 5.24. The molecule has 1 aromatic carbocycles. The number of guanidine groups is 1. The number of aryl methyl sites for hydroxylation is 1. The maximum atomic E-state index is 5.83. The van der Waals surface area contributed by atoms with Gasteiger partial charge in [0, 0.05) is 5.69 Å². The van der Waals surface area contributed by atoms with Crippen LogP contribution in [0.4, 0.5) is 5.69 Å². The summed E-state index contributed by atoms with van der Waals surface area (Å²) >= 11 is 0. The minimum absolute atomic E-state index is 0.154. The van der Waals surface area contributed by atoms with Crippen molar-refractivity contribution < 1.29 is 0 Å². The average molecular weight is 233 g/mol. The SMILES string of the molecule is CCCc1ccc(NC(N)=NC(C)(C)C)cc1. The molecule has 0 aliphatic heterocycles. The van der Waals surface area contributed by atoms with Crippen molar-refractivity contribution in [1.29, 1.82) is 0 Å². The quantitative estimate of drug-likeness (QED) is 0.622. The molecule has 3 N–H and O–H groups in total. The van der Waals surface area contributed by atoms with Gasteiger partial charge in [0.25, 0.3) is 0 Å². The van der Waals surface area contributed by atoms with E-state index in [1.165, 1.54) is 12.0 Å². The number of aliphatic imine (C=N–C) groups is 1. The van der Waals surface area contributed by atoms with Gasteiger partial charge in [0.15, 0.2) is 5.96 Å². The van der Waals surface area contributed by atoms with Crippen LogP contribution in [0.2, 0.25) is 0 Å². The zero-order chi connectivity index (χ0) is 12.9. The van der Waals surface area contributed by atoms with Crippen LogP contribution in [0, 0.1) is 0 Å². The first-order valence-corrected chi connectivity index (χ1v) is 6.12. The minimum atomic E-state index is -0.154. The highest BCUT2D eigenvalue weighted by Crippen LogP contribution is 2.12. The second-order valence-electron chi connectivity index (χ2n) is 5.24. The standard InChI is InChI=1S/C14H23N3/c1-5-6-11-7-9-12(10-8-11)16-13(15)17-14(2,3)4/h7-10H,5-6H2,1-4H3,(H3,15,16,17). The van der Waals surface area contributed by atoms with Crippen LogP contribution in [-0.2, 0) is 6.42 Å². The number of nitrogens with one attached hydrogen (secondary N) is 1. The normalized spacial score (nSPS) is 12.6. The molecule has 0 radical (unpaired) electrons. The molecule has 0 aliphatic carbocycles. The van der Waals surface area contributed by atoms with Crippen molar-refractivity contribution in [2.45, 2.75) is 46.1 Å². The molecule has 0 aliphatic rings. The Morgan fingerprint density at radius 1 is 1.24 bits per heavy atom. The van der Waals surface area contributed by atoms with E-state index in [1.54, 1.807) is 0 Å². The fourth-order valence-electron chi connectivity index (χ4n) is 1.58. The second kappa shape index (κ2) is 5.71. The van der Waals surface area contributed by atoms with Gasteiger partial charge in [-0.25, -0.2) is 4.99 Å². The van der Waals surface area contributed by atoms with Crippen LogP contribution < -0.4 is 11.1 Å². The topological polar surface area (TPSA) is 50.4 Å². The Morgan fingerprint density at radius 3 is 2.29 bits per heavy atom. The lowest BCUT2D eigenvalue weighted by atomic mass is 10.1. The van der Waals surface area contributed by atoms with E-state index >= 15 is 0 Å². The lowest BCUT2D eigenvalue weighted by Gasteiger charge is -2.14. The largest absolute Gasteiger partial charge is 0.370 e. The van der Waals surface area contributed by atoms with Gasteiger partial charge in [0.2, 0.25) is 0 Å². The molecular formula is C14H23N3. The molecular weight excluding hydrogens is 210 g/mol. The van der Waals surface area contributed by atoms with E-state index in [1.807, 2.05) is 32.9 Å². The maximum absolute atomic E-state index is 5.83. The van der Waals surface area contributed by atoms with Gasteiger partial charge in [-0.1, -0.05) is 25.5 Å². The summed E-state index contributed by atoms with van der Waals surface area (Å²) in [7, 11) is 0. The summed E-state index contributed by atoms with van der Waals surface area (Å²) in [5.74, 6) is 0.459. The predicted molar refractivity (Wildman–Crippen MR) is 75.4 cm³/mol. The Hall–Kier alpha value is -1.51. The molecule has 17 heavy (non-hydrogen) atoms. The van der Waals surface area contributed by atoms with Gasteiger partial charge in [-0.15, -0.1) is 0 Å². The molecule has 0 bridgehead atoms. The summed E-state index contributed by atoms with van der Waals surface area (Å²) in [6, 6.07) is 8.32. The summed E-state index contributed by atoms with van der Waals surface area (Å²) in [6.07, 6.45) is 2.28. The Labute approximate surface area is 104 Å². The van der Waals surface area contributed by atoms with Crippen molar-refractivity contribution in [1.82, 2.24) is 0 Å². The summed E-state index contributed by atoms with van der Waals surface area (Å²) in [5, 5.41) is 3.10. The van der Waals surface area contributed by atoms with Gasteiger partial charge in [0.05, 0.1) is 5.54 Å². The van der Waals surface area contributed by atoms with Crippen molar-refractivity contribution in [3.8, 4) is 0 Å². The van der Waals surface area contributed by atoms with Crippen LogP contribution in [0.5, 0.6) is 0 Å². The van der Waals surface area contributed by atoms with Crippen molar-refractivity contribution >= 4 is 11.6 Å². The Bertz CT molecular complexity index is 371. The number of hydrogen-bond acceptors (Lipinski definition) is 1. The van der Waals surface area contributed by atoms with Crippen molar-refractivity contribution in [3.63, 3.8) is 0 Å². The van der Waals surface area contributed by atoms with E-state index in [0.717, 1.165) is 12.1 Å². The molecule has 0 fully saturated rings. The van der Waals surface area contributed by atoms with E-state index < -0.39 is 0 Å². The van der Waals surface area contributed by atoms with E-state index in [0.29, 0.717) is 5.96 Å². The van der Waals surface area contributed by atoms with Gasteiger partial charge in [-0.05, 0) is 44.9 Å². The van der Waals surface area contributed by atoms with Crippen molar-refractivity contribution in [2.24, 2.45) is 10.7 Å². The van der Waals surface area contributed by atoms with Crippen LogP contribution in [0.3, 0.4) is 0 Å². The molecule has 3 nitrogen and oxygen atoms in total. The third kappa shape index (κ3) is 5.38. The molecule has 1 aromatic rings. The van der Waals surface area contributed by atoms with Crippen LogP contribution in [0.25, 0.3) is 0 Å². The third-order valence-corrected chi connectivity index (χ3v) is 2.22. The van der Waals surface area contributed by atoms with E-state index in [9.17, 15) is 0 Å². The Balaban J connectivity index is 2.66. The molecule has 1 rings (SSSR count). The summed E-state index contributed by atoms with van der Waals surface area (Å²) in [4.78, 5) is 4.35. The third-order valence-electron chi connectivity index (χ3n) is 2.22. The smallest absolute Gasteiger partial charge is 0.193 e. The molecule has 0 atom stereocenters. The molecule has 0 amide bonds. The highest BCUT2D eigenvalue weighted by atomic mass is 15.1. The van der Waals surface area contributed by atoms with Gasteiger partial charge >= 0.3 is 0 Å². The lowest BCUT2D eigenvalue weighted by molar-refractivity contribution is 0.583. The van der Waals surface area contributed by atoms with Gasteiger partial charge in [-0.3, -0.25) is 0 Å². The maximum Gasteiger partial charge on any atom is 0.193 e. The molecule has 0 heterocycles. The molecule has 0 spiro atoms. The molecule has 94 valence electrons. The number of nitrogens with zero attached hydrogens (tertiary/aromatic N) is 1. The fraction of sp³-hybridized carbons (Fsp3) is 0.500.